The van der Waals surface area contributed by atoms with Gasteiger partial charge in [0.15, 0.2) is 5.78 Å². The summed E-state index contributed by atoms with van der Waals surface area (Å²) in [6.07, 6.45) is 2.93. The molecular weight excluding hydrogens is 242 g/mol. The van der Waals surface area contributed by atoms with Gasteiger partial charge in [0, 0.05) is 17.3 Å². The zero-order valence-electron chi connectivity index (χ0n) is 10.9. The molecule has 19 heavy (non-hydrogen) atoms. The second-order valence-corrected chi connectivity index (χ2v) is 4.39. The zero-order chi connectivity index (χ0) is 13.7. The van der Waals surface area contributed by atoms with Crippen LogP contribution in [0.2, 0.25) is 0 Å². The van der Waals surface area contributed by atoms with Crippen molar-refractivity contribution in [1.82, 2.24) is 5.32 Å². The van der Waals surface area contributed by atoms with E-state index in [1.807, 2.05) is 18.2 Å². The number of ether oxygens (including phenoxy) is 1. The summed E-state index contributed by atoms with van der Waals surface area (Å²) in [5.41, 5.74) is 1.45. The number of benzene rings is 1. The number of rotatable bonds is 4. The molecule has 1 aromatic carbocycles. The number of allylic oxidation sites excluding steroid dienone is 2. The Morgan fingerprint density at radius 3 is 2.79 bits per heavy atom. The van der Waals surface area contributed by atoms with Gasteiger partial charge in [-0.2, -0.15) is 0 Å². The molecule has 2 rings (SSSR count). The fourth-order valence-electron chi connectivity index (χ4n) is 2.05. The fourth-order valence-corrected chi connectivity index (χ4v) is 2.05. The highest BCUT2D eigenvalue weighted by molar-refractivity contribution is 6.04. The number of hydrogen-bond acceptors (Lipinski definition) is 4. The van der Waals surface area contributed by atoms with Gasteiger partial charge < -0.3 is 10.1 Å². The number of nitrogens with one attached hydrogen (secondary N) is 1. The molecular formula is C15H17NO3. The van der Waals surface area contributed by atoms with Crippen molar-refractivity contribution in [3.05, 3.63) is 47.7 Å². The second kappa shape index (κ2) is 6.18. The molecule has 1 atom stereocenters. The topological polar surface area (TPSA) is 55.4 Å². The monoisotopic (exact) mass is 259 g/mol. The number of esters is 1. The van der Waals surface area contributed by atoms with Gasteiger partial charge in [0.2, 0.25) is 0 Å². The molecule has 4 heteroatoms. The van der Waals surface area contributed by atoms with E-state index in [-0.39, 0.29) is 17.8 Å². The Kier molecular flexibility index (Phi) is 4.34. The highest BCUT2D eigenvalue weighted by atomic mass is 16.5. The van der Waals surface area contributed by atoms with Crippen molar-refractivity contribution >= 4 is 11.8 Å². The molecule has 0 radical (unpaired) electrons. The molecule has 1 aliphatic heterocycles. The predicted molar refractivity (Wildman–Crippen MR) is 71.6 cm³/mol. The lowest BCUT2D eigenvalue weighted by molar-refractivity contribution is -0.145. The normalized spacial score (nSPS) is 20.1. The van der Waals surface area contributed by atoms with E-state index in [4.69, 9.17) is 4.74 Å². The molecule has 1 N–H and O–H groups in total. The molecule has 0 unspecified atom stereocenters. The van der Waals surface area contributed by atoms with E-state index in [9.17, 15) is 9.59 Å². The first-order chi connectivity index (χ1) is 9.20. The average molecular weight is 259 g/mol. The molecule has 0 bridgehead atoms. The average Bonchev–Trinajstić information content (AvgIpc) is 2.88. The summed E-state index contributed by atoms with van der Waals surface area (Å²) in [5.74, 6) is -0.300. The van der Waals surface area contributed by atoms with Crippen LogP contribution in [0.25, 0.3) is 0 Å². The fraction of sp³-hybridized carbons (Fsp3) is 0.333. The molecule has 0 aromatic heterocycles. The molecule has 0 amide bonds. The van der Waals surface area contributed by atoms with E-state index in [2.05, 4.69) is 5.32 Å². The summed E-state index contributed by atoms with van der Waals surface area (Å²) in [5, 5.41) is 3.04. The van der Waals surface area contributed by atoms with E-state index in [1.54, 1.807) is 25.1 Å². The van der Waals surface area contributed by atoms with Crippen LogP contribution < -0.4 is 5.32 Å². The number of hydrogen-bond donors (Lipinski definition) is 1. The van der Waals surface area contributed by atoms with Crippen molar-refractivity contribution < 1.29 is 14.3 Å². The molecule has 0 spiro atoms. The lowest BCUT2D eigenvalue weighted by Crippen LogP contribution is -2.31. The second-order valence-electron chi connectivity index (χ2n) is 4.39. The molecule has 4 nitrogen and oxygen atoms in total. The Labute approximate surface area is 112 Å². The highest BCUT2D eigenvalue weighted by Gasteiger charge is 2.26. The summed E-state index contributed by atoms with van der Waals surface area (Å²) < 4.78 is 4.95. The van der Waals surface area contributed by atoms with Crippen molar-refractivity contribution in [2.45, 2.75) is 25.8 Å². The van der Waals surface area contributed by atoms with Crippen LogP contribution in [0.3, 0.4) is 0 Å². The Morgan fingerprint density at radius 1 is 1.37 bits per heavy atom. The minimum Gasteiger partial charge on any atom is -0.464 e. The molecule has 1 aliphatic rings. The van der Waals surface area contributed by atoms with Crippen LogP contribution in [-0.4, -0.2) is 24.4 Å². The number of carbonyl (C=O) groups is 2. The summed E-state index contributed by atoms with van der Waals surface area (Å²) in [6.45, 7) is 2.15. The largest absolute Gasteiger partial charge is 0.464 e. The third-order valence-electron chi connectivity index (χ3n) is 3.00. The van der Waals surface area contributed by atoms with Gasteiger partial charge in [0.1, 0.15) is 6.04 Å². The molecule has 1 aromatic rings. The third kappa shape index (κ3) is 3.44. The highest BCUT2D eigenvalue weighted by Crippen LogP contribution is 2.17. The first-order valence-corrected chi connectivity index (χ1v) is 6.44. The Bertz CT molecular complexity index is 493. The maximum atomic E-state index is 12.0. The van der Waals surface area contributed by atoms with Crippen LogP contribution in [0, 0.1) is 0 Å². The molecule has 1 saturated heterocycles. The van der Waals surface area contributed by atoms with Crippen LogP contribution in [-0.2, 0) is 9.53 Å². The molecule has 1 fully saturated rings. The lowest BCUT2D eigenvalue weighted by atomic mass is 10.1. The summed E-state index contributed by atoms with van der Waals surface area (Å²) in [4.78, 5) is 23.5. The standard InChI is InChI=1S/C15H17NO3/c1-2-19-15(18)13-9-8-12(16-13)10-14(17)11-6-4-3-5-7-11/h3-7,10,13,16H,2,8-9H2,1H3/b12-10+/t13-/m0/s1. The smallest absolute Gasteiger partial charge is 0.328 e. The van der Waals surface area contributed by atoms with E-state index in [1.165, 1.54) is 0 Å². The van der Waals surface area contributed by atoms with E-state index in [0.29, 0.717) is 25.0 Å². The van der Waals surface area contributed by atoms with E-state index < -0.39 is 0 Å². The molecule has 1 heterocycles. The zero-order valence-corrected chi connectivity index (χ0v) is 10.9. The minimum absolute atomic E-state index is 0.0485. The van der Waals surface area contributed by atoms with Crippen molar-refractivity contribution in [2.24, 2.45) is 0 Å². The molecule has 0 saturated carbocycles. The van der Waals surface area contributed by atoms with Crippen molar-refractivity contribution in [1.29, 1.82) is 0 Å². The first kappa shape index (κ1) is 13.3. The SMILES string of the molecule is CCOC(=O)[C@@H]1CC/C(=C\C(=O)c2ccccc2)N1. The Hall–Kier alpha value is -2.10. The lowest BCUT2D eigenvalue weighted by Gasteiger charge is -2.09. The number of ketones is 1. The van der Waals surface area contributed by atoms with Crippen LogP contribution in [0.15, 0.2) is 42.1 Å². The predicted octanol–water partition coefficient (Wildman–Crippen LogP) is 2.07. The van der Waals surface area contributed by atoms with Gasteiger partial charge in [-0.3, -0.25) is 4.79 Å². The van der Waals surface area contributed by atoms with Crippen molar-refractivity contribution in [3.8, 4) is 0 Å². The summed E-state index contributed by atoms with van der Waals surface area (Å²) in [6, 6.07) is 8.75. The number of carbonyl (C=O) groups excluding carboxylic acids is 2. The summed E-state index contributed by atoms with van der Waals surface area (Å²) >= 11 is 0. The van der Waals surface area contributed by atoms with Crippen LogP contribution in [0.5, 0.6) is 0 Å². The van der Waals surface area contributed by atoms with Crippen LogP contribution in [0.1, 0.15) is 30.1 Å². The van der Waals surface area contributed by atoms with Gasteiger partial charge in [-0.1, -0.05) is 30.3 Å². The van der Waals surface area contributed by atoms with Gasteiger partial charge in [0.05, 0.1) is 6.61 Å². The van der Waals surface area contributed by atoms with Gasteiger partial charge in [-0.15, -0.1) is 0 Å². The van der Waals surface area contributed by atoms with Gasteiger partial charge >= 0.3 is 5.97 Å². The maximum absolute atomic E-state index is 12.0. The molecule has 0 aliphatic carbocycles. The Balaban J connectivity index is 1.99. The molecule has 100 valence electrons. The van der Waals surface area contributed by atoms with E-state index in [0.717, 1.165) is 5.70 Å². The van der Waals surface area contributed by atoms with Crippen LogP contribution >= 0.6 is 0 Å². The van der Waals surface area contributed by atoms with E-state index >= 15 is 0 Å². The Morgan fingerprint density at radius 2 is 2.11 bits per heavy atom. The quantitative estimate of drug-likeness (QED) is 0.511. The van der Waals surface area contributed by atoms with Crippen molar-refractivity contribution in [2.75, 3.05) is 6.61 Å². The van der Waals surface area contributed by atoms with Crippen LogP contribution in [0.4, 0.5) is 0 Å². The third-order valence-corrected chi connectivity index (χ3v) is 3.00. The van der Waals surface area contributed by atoms with Gasteiger partial charge in [0.25, 0.3) is 0 Å². The summed E-state index contributed by atoms with van der Waals surface area (Å²) in [7, 11) is 0. The van der Waals surface area contributed by atoms with Gasteiger partial charge in [-0.05, 0) is 19.8 Å². The van der Waals surface area contributed by atoms with Crippen molar-refractivity contribution in [3.63, 3.8) is 0 Å². The maximum Gasteiger partial charge on any atom is 0.328 e. The minimum atomic E-state index is -0.324. The first-order valence-electron chi connectivity index (χ1n) is 6.44. The van der Waals surface area contributed by atoms with Gasteiger partial charge in [-0.25, -0.2) is 4.79 Å².